The van der Waals surface area contributed by atoms with Gasteiger partial charge in [0.1, 0.15) is 5.82 Å². The third-order valence-corrected chi connectivity index (χ3v) is 4.72. The van der Waals surface area contributed by atoms with Gasteiger partial charge in [-0.05, 0) is 37.2 Å². The first-order chi connectivity index (χ1) is 12.4. The highest BCUT2D eigenvalue weighted by atomic mass is 35.5. The van der Waals surface area contributed by atoms with E-state index in [0.29, 0.717) is 29.2 Å². The number of nitro benzene ring substituents is 1. The molecule has 1 aliphatic rings. The third kappa shape index (κ3) is 3.68. The Morgan fingerprint density at radius 1 is 1.38 bits per heavy atom. The van der Waals surface area contributed by atoms with Crippen LogP contribution in [0.4, 0.5) is 15.8 Å². The molecule has 6 nitrogen and oxygen atoms in total. The van der Waals surface area contributed by atoms with Crippen LogP contribution in [0.2, 0.25) is 5.02 Å². The Morgan fingerprint density at radius 3 is 2.85 bits per heavy atom. The van der Waals surface area contributed by atoms with E-state index in [-0.39, 0.29) is 24.7 Å². The average molecular weight is 378 g/mol. The Kier molecular flexibility index (Phi) is 5.20. The van der Waals surface area contributed by atoms with E-state index in [1.807, 2.05) is 0 Å². The van der Waals surface area contributed by atoms with Crippen molar-refractivity contribution in [3.8, 4) is 0 Å². The standard InChI is InChI=1S/C18H17ClFN3O3/c1-21(10-14-15(19)3-2-4-16(14)20)11-18(24)22-8-7-12-9-13(23(25)26)5-6-17(12)22/h2-6,9H,7-8,10-11H2,1H3. The molecule has 0 bridgehead atoms. The van der Waals surface area contributed by atoms with Gasteiger partial charge in [-0.25, -0.2) is 4.39 Å². The molecule has 0 saturated heterocycles. The molecule has 1 amide bonds. The Hall–Kier alpha value is -2.51. The van der Waals surface area contributed by atoms with Crippen LogP contribution < -0.4 is 4.90 Å². The number of carbonyl (C=O) groups excluding carboxylic acids is 1. The van der Waals surface area contributed by atoms with Crippen molar-refractivity contribution in [1.82, 2.24) is 4.90 Å². The highest BCUT2D eigenvalue weighted by Gasteiger charge is 2.27. The van der Waals surface area contributed by atoms with Crippen molar-refractivity contribution in [2.45, 2.75) is 13.0 Å². The zero-order valence-corrected chi connectivity index (χ0v) is 14.9. The molecular formula is C18H17ClFN3O3. The minimum Gasteiger partial charge on any atom is -0.311 e. The lowest BCUT2D eigenvalue weighted by atomic mass is 10.1. The largest absolute Gasteiger partial charge is 0.311 e. The third-order valence-electron chi connectivity index (χ3n) is 4.37. The highest BCUT2D eigenvalue weighted by molar-refractivity contribution is 6.31. The number of rotatable bonds is 5. The molecule has 0 aliphatic carbocycles. The molecule has 0 fully saturated rings. The molecule has 136 valence electrons. The number of nitrogens with zero attached hydrogens (tertiary/aromatic N) is 3. The number of benzene rings is 2. The van der Waals surface area contributed by atoms with Crippen LogP contribution in [0.5, 0.6) is 0 Å². The molecule has 0 N–H and O–H groups in total. The lowest BCUT2D eigenvalue weighted by Crippen LogP contribution is -2.38. The maximum Gasteiger partial charge on any atom is 0.269 e. The molecule has 0 radical (unpaired) electrons. The fraction of sp³-hybridized carbons (Fsp3) is 0.278. The minimum atomic E-state index is -0.448. The average Bonchev–Trinajstić information content (AvgIpc) is 3.01. The summed E-state index contributed by atoms with van der Waals surface area (Å²) in [5, 5.41) is 11.2. The molecule has 8 heteroatoms. The molecule has 2 aromatic rings. The number of likely N-dealkylation sites (N-methyl/N-ethyl adjacent to an activating group) is 1. The van der Waals surface area contributed by atoms with Crippen LogP contribution >= 0.6 is 11.6 Å². The molecule has 1 heterocycles. The summed E-state index contributed by atoms with van der Waals surface area (Å²) < 4.78 is 13.9. The SMILES string of the molecule is CN(CC(=O)N1CCc2cc([N+](=O)[O-])ccc21)Cc1c(F)cccc1Cl. The lowest BCUT2D eigenvalue weighted by molar-refractivity contribution is -0.384. The summed E-state index contributed by atoms with van der Waals surface area (Å²) in [6.07, 6.45) is 0.575. The minimum absolute atomic E-state index is 0.0179. The van der Waals surface area contributed by atoms with Gasteiger partial charge >= 0.3 is 0 Å². The van der Waals surface area contributed by atoms with Crippen molar-refractivity contribution in [1.29, 1.82) is 0 Å². The molecule has 0 atom stereocenters. The molecule has 0 spiro atoms. The van der Waals surface area contributed by atoms with Gasteiger partial charge in [0, 0.05) is 41.5 Å². The van der Waals surface area contributed by atoms with E-state index in [4.69, 9.17) is 11.6 Å². The number of hydrogen-bond acceptors (Lipinski definition) is 4. The summed E-state index contributed by atoms with van der Waals surface area (Å²) in [6, 6.07) is 8.98. The predicted molar refractivity (Wildman–Crippen MR) is 96.9 cm³/mol. The van der Waals surface area contributed by atoms with Gasteiger partial charge in [0.2, 0.25) is 5.91 Å². The number of halogens is 2. The van der Waals surface area contributed by atoms with E-state index in [2.05, 4.69) is 0 Å². The van der Waals surface area contributed by atoms with E-state index in [1.165, 1.54) is 24.3 Å². The molecule has 26 heavy (non-hydrogen) atoms. The second-order valence-electron chi connectivity index (χ2n) is 6.24. The Balaban J connectivity index is 1.69. The van der Waals surface area contributed by atoms with Crippen LogP contribution in [0.25, 0.3) is 0 Å². The van der Waals surface area contributed by atoms with Gasteiger partial charge in [-0.3, -0.25) is 19.8 Å². The van der Waals surface area contributed by atoms with Crippen molar-refractivity contribution in [3.63, 3.8) is 0 Å². The number of nitro groups is 1. The number of hydrogen-bond donors (Lipinski definition) is 0. The fourth-order valence-electron chi connectivity index (χ4n) is 3.09. The van der Waals surface area contributed by atoms with E-state index < -0.39 is 10.7 Å². The first-order valence-electron chi connectivity index (χ1n) is 8.06. The van der Waals surface area contributed by atoms with Crippen molar-refractivity contribution in [2.24, 2.45) is 0 Å². The first-order valence-corrected chi connectivity index (χ1v) is 8.43. The maximum absolute atomic E-state index is 13.9. The summed E-state index contributed by atoms with van der Waals surface area (Å²) in [5.74, 6) is -0.553. The summed E-state index contributed by atoms with van der Waals surface area (Å²) in [7, 11) is 1.72. The van der Waals surface area contributed by atoms with Gasteiger partial charge in [0.15, 0.2) is 0 Å². The van der Waals surface area contributed by atoms with Gasteiger partial charge in [-0.2, -0.15) is 0 Å². The van der Waals surface area contributed by atoms with E-state index in [9.17, 15) is 19.3 Å². The Labute approximate surface area is 154 Å². The molecule has 0 aromatic heterocycles. The van der Waals surface area contributed by atoms with Crippen LogP contribution in [-0.2, 0) is 17.8 Å². The molecule has 0 unspecified atom stereocenters. The molecular weight excluding hydrogens is 361 g/mol. The summed E-state index contributed by atoms with van der Waals surface area (Å²) >= 11 is 6.03. The Morgan fingerprint density at radius 2 is 2.15 bits per heavy atom. The Bertz CT molecular complexity index is 855. The van der Waals surface area contributed by atoms with Crippen LogP contribution in [-0.4, -0.2) is 35.9 Å². The summed E-state index contributed by atoms with van der Waals surface area (Å²) in [5.41, 5.74) is 1.84. The van der Waals surface area contributed by atoms with E-state index in [0.717, 1.165) is 5.56 Å². The van der Waals surface area contributed by atoms with Crippen LogP contribution in [0, 0.1) is 15.9 Å². The predicted octanol–water partition coefficient (Wildman–Crippen LogP) is 3.41. The van der Waals surface area contributed by atoms with Gasteiger partial charge < -0.3 is 4.90 Å². The zero-order chi connectivity index (χ0) is 18.8. The van der Waals surface area contributed by atoms with Crippen LogP contribution in [0.3, 0.4) is 0 Å². The highest BCUT2D eigenvalue weighted by Crippen LogP contribution is 2.31. The lowest BCUT2D eigenvalue weighted by Gasteiger charge is -2.22. The van der Waals surface area contributed by atoms with Gasteiger partial charge in [-0.1, -0.05) is 17.7 Å². The number of amides is 1. The topological polar surface area (TPSA) is 66.7 Å². The smallest absolute Gasteiger partial charge is 0.269 e. The van der Waals surface area contributed by atoms with Crippen LogP contribution in [0.15, 0.2) is 36.4 Å². The normalized spacial score (nSPS) is 13.2. The van der Waals surface area contributed by atoms with E-state index in [1.54, 1.807) is 29.0 Å². The molecule has 2 aromatic carbocycles. The van der Waals surface area contributed by atoms with Gasteiger partial charge in [0.05, 0.1) is 11.5 Å². The fourth-order valence-corrected chi connectivity index (χ4v) is 3.31. The van der Waals surface area contributed by atoms with Crippen LogP contribution in [0.1, 0.15) is 11.1 Å². The number of fused-ring (bicyclic) bond motifs is 1. The van der Waals surface area contributed by atoms with Crippen molar-refractivity contribution in [2.75, 3.05) is 25.0 Å². The first kappa shape index (κ1) is 18.3. The second-order valence-corrected chi connectivity index (χ2v) is 6.65. The molecule has 0 saturated carbocycles. The summed E-state index contributed by atoms with van der Waals surface area (Å²) in [4.78, 5) is 26.3. The summed E-state index contributed by atoms with van der Waals surface area (Å²) in [6.45, 7) is 0.767. The number of non-ortho nitro benzene ring substituents is 1. The maximum atomic E-state index is 13.9. The van der Waals surface area contributed by atoms with Crippen molar-refractivity contribution >= 4 is 28.9 Å². The zero-order valence-electron chi connectivity index (χ0n) is 14.1. The van der Waals surface area contributed by atoms with Gasteiger partial charge in [0.25, 0.3) is 5.69 Å². The van der Waals surface area contributed by atoms with Gasteiger partial charge in [-0.15, -0.1) is 0 Å². The molecule has 3 rings (SSSR count). The van der Waals surface area contributed by atoms with Crippen molar-refractivity contribution in [3.05, 3.63) is 68.5 Å². The number of carbonyl (C=O) groups is 1. The molecule has 1 aliphatic heterocycles. The monoisotopic (exact) mass is 377 g/mol. The van der Waals surface area contributed by atoms with Crippen molar-refractivity contribution < 1.29 is 14.1 Å². The van der Waals surface area contributed by atoms with E-state index >= 15 is 0 Å². The number of anilines is 1. The second kappa shape index (κ2) is 7.39. The quantitative estimate of drug-likeness (QED) is 0.591.